The van der Waals surface area contributed by atoms with Crippen LogP contribution in [0.15, 0.2) is 54.6 Å². The molecule has 0 aliphatic rings. The molecule has 0 aromatic heterocycles. The maximum atomic E-state index is 11.8. The lowest BCUT2D eigenvalue weighted by atomic mass is 10.2. The highest BCUT2D eigenvalue weighted by Crippen LogP contribution is 2.37. The lowest BCUT2D eigenvalue weighted by Gasteiger charge is -2.12. The molecule has 0 saturated carbocycles. The molecule has 0 aliphatic heterocycles. The van der Waals surface area contributed by atoms with Gasteiger partial charge in [0.05, 0.1) is 17.2 Å². The van der Waals surface area contributed by atoms with Gasteiger partial charge in [0.25, 0.3) is 0 Å². The standard InChI is InChI=1S/C9H13ClNOP.C9H9ClNOP.C7H3ClIN/c2*1-13(2,12)9-5-8(10)4-3-7(9)6-11;8-6-2-1-5(4-10)7(9)3-6/h3-5H,6,11H2,1-2H3;3-5H,1-2H3;1-3H. The van der Waals surface area contributed by atoms with Gasteiger partial charge in [0.1, 0.15) is 20.4 Å². The van der Waals surface area contributed by atoms with Crippen LogP contribution in [0.2, 0.25) is 15.1 Å². The van der Waals surface area contributed by atoms with Crippen molar-refractivity contribution < 1.29 is 9.13 Å². The van der Waals surface area contributed by atoms with Gasteiger partial charge in [0, 0.05) is 35.8 Å². The molecular weight excluding hydrogens is 670 g/mol. The number of nitriles is 2. The summed E-state index contributed by atoms with van der Waals surface area (Å²) in [5.41, 5.74) is 7.56. The molecule has 0 amide bonds. The van der Waals surface area contributed by atoms with Crippen LogP contribution in [0.5, 0.6) is 0 Å². The summed E-state index contributed by atoms with van der Waals surface area (Å²) in [7, 11) is -4.67. The second kappa shape index (κ2) is 14.6. The molecule has 0 bridgehead atoms. The summed E-state index contributed by atoms with van der Waals surface area (Å²) >= 11 is 19.3. The van der Waals surface area contributed by atoms with E-state index in [1.807, 2.05) is 12.1 Å². The van der Waals surface area contributed by atoms with Crippen LogP contribution in [0.3, 0.4) is 0 Å². The lowest BCUT2D eigenvalue weighted by Crippen LogP contribution is -2.13. The summed E-state index contributed by atoms with van der Waals surface area (Å²) in [4.78, 5) is 0. The van der Waals surface area contributed by atoms with E-state index in [0.29, 0.717) is 38.0 Å². The van der Waals surface area contributed by atoms with Gasteiger partial charge >= 0.3 is 0 Å². The predicted molar refractivity (Wildman–Crippen MR) is 163 cm³/mol. The average molecular weight is 695 g/mol. The molecule has 5 nitrogen and oxygen atoms in total. The molecule has 3 rings (SSSR count). The van der Waals surface area contributed by atoms with E-state index in [9.17, 15) is 9.13 Å². The Morgan fingerprint density at radius 2 is 1.17 bits per heavy atom. The molecule has 11 heteroatoms. The highest BCUT2D eigenvalue weighted by atomic mass is 127. The molecule has 0 atom stereocenters. The van der Waals surface area contributed by atoms with Crippen molar-refractivity contribution in [2.24, 2.45) is 5.73 Å². The second-order valence-electron chi connectivity index (χ2n) is 8.19. The third-order valence-corrected chi connectivity index (χ3v) is 9.26. The maximum absolute atomic E-state index is 11.8. The van der Waals surface area contributed by atoms with Crippen molar-refractivity contribution in [1.82, 2.24) is 0 Å². The van der Waals surface area contributed by atoms with E-state index in [1.54, 1.807) is 75.2 Å². The average Bonchev–Trinajstić information content (AvgIpc) is 2.79. The Labute approximate surface area is 241 Å². The van der Waals surface area contributed by atoms with Crippen molar-refractivity contribution in [2.75, 3.05) is 26.7 Å². The number of halogens is 4. The molecule has 36 heavy (non-hydrogen) atoms. The Morgan fingerprint density at radius 1 is 0.750 bits per heavy atom. The zero-order valence-electron chi connectivity index (χ0n) is 20.1. The third kappa shape index (κ3) is 10.6. The zero-order chi connectivity index (χ0) is 27.7. The van der Waals surface area contributed by atoms with Crippen LogP contribution in [0, 0.1) is 26.2 Å². The van der Waals surface area contributed by atoms with Crippen molar-refractivity contribution in [2.45, 2.75) is 6.54 Å². The summed E-state index contributed by atoms with van der Waals surface area (Å²) in [5.74, 6) is 0. The highest BCUT2D eigenvalue weighted by Gasteiger charge is 2.16. The summed E-state index contributed by atoms with van der Waals surface area (Å²) in [6.45, 7) is 7.09. The molecule has 0 radical (unpaired) electrons. The van der Waals surface area contributed by atoms with Crippen molar-refractivity contribution in [3.63, 3.8) is 0 Å². The van der Waals surface area contributed by atoms with Gasteiger partial charge in [-0.25, -0.2) is 0 Å². The molecule has 190 valence electrons. The molecule has 0 spiro atoms. The Hall–Kier alpha value is -1.34. The number of hydrogen-bond acceptors (Lipinski definition) is 5. The molecule has 0 aliphatic carbocycles. The van der Waals surface area contributed by atoms with Gasteiger partial charge in [0.2, 0.25) is 0 Å². The number of nitrogens with zero attached hydrogens (tertiary/aromatic N) is 2. The maximum Gasteiger partial charge on any atom is 0.111 e. The SMILES string of the molecule is CP(C)(=O)c1cc(Cl)ccc1C#N.CP(C)(=O)c1cc(Cl)ccc1CN.N#Cc1ccc(Cl)cc1I. The summed E-state index contributed by atoms with van der Waals surface area (Å²) < 4.78 is 24.5. The summed E-state index contributed by atoms with van der Waals surface area (Å²) in [5, 5.41) is 20.4. The van der Waals surface area contributed by atoms with E-state index in [4.69, 9.17) is 51.1 Å². The van der Waals surface area contributed by atoms with Gasteiger partial charge in [-0.3, -0.25) is 0 Å². The Bertz CT molecular complexity index is 1410. The Balaban J connectivity index is 0.000000273. The minimum atomic E-state index is -2.41. The number of benzene rings is 3. The Morgan fingerprint density at radius 3 is 1.58 bits per heavy atom. The van der Waals surface area contributed by atoms with Gasteiger partial charge < -0.3 is 14.9 Å². The van der Waals surface area contributed by atoms with Crippen molar-refractivity contribution in [1.29, 1.82) is 10.5 Å². The molecule has 3 aromatic carbocycles. The van der Waals surface area contributed by atoms with E-state index in [2.05, 4.69) is 28.7 Å². The summed E-state index contributed by atoms with van der Waals surface area (Å²) in [6.07, 6.45) is 0. The zero-order valence-corrected chi connectivity index (χ0v) is 26.3. The topological polar surface area (TPSA) is 108 Å². The first-order valence-corrected chi connectivity index (χ1v) is 17.7. The fourth-order valence-corrected chi connectivity index (χ4v) is 6.79. The van der Waals surface area contributed by atoms with E-state index in [-0.39, 0.29) is 0 Å². The van der Waals surface area contributed by atoms with Gasteiger partial charge in [-0.05, 0) is 103 Å². The molecule has 2 N–H and O–H groups in total. The van der Waals surface area contributed by atoms with E-state index in [0.717, 1.165) is 14.4 Å². The fraction of sp³-hybridized carbons (Fsp3) is 0.200. The van der Waals surface area contributed by atoms with Gasteiger partial charge in [-0.1, -0.05) is 40.9 Å². The number of hydrogen-bond donors (Lipinski definition) is 1. The van der Waals surface area contributed by atoms with Crippen molar-refractivity contribution >= 4 is 82.3 Å². The normalized spacial score (nSPS) is 10.6. The van der Waals surface area contributed by atoms with Crippen LogP contribution >= 0.6 is 71.7 Å². The number of nitrogens with two attached hydrogens (primary N) is 1. The van der Waals surface area contributed by atoms with Crippen molar-refractivity contribution in [3.05, 3.63) is 89.9 Å². The highest BCUT2D eigenvalue weighted by molar-refractivity contribution is 14.1. The largest absolute Gasteiger partial charge is 0.326 e. The molecule has 3 aromatic rings. The van der Waals surface area contributed by atoms with Gasteiger partial charge in [0.15, 0.2) is 0 Å². The van der Waals surface area contributed by atoms with Crippen LogP contribution in [0.1, 0.15) is 16.7 Å². The quantitative estimate of drug-likeness (QED) is 0.228. The van der Waals surface area contributed by atoms with Crippen LogP contribution in [-0.4, -0.2) is 26.7 Å². The minimum absolute atomic E-state index is 0.401. The van der Waals surface area contributed by atoms with Crippen LogP contribution in [0.25, 0.3) is 0 Å². The van der Waals surface area contributed by atoms with Gasteiger partial charge in [-0.15, -0.1) is 0 Å². The monoisotopic (exact) mass is 693 g/mol. The Kier molecular flexibility index (Phi) is 13.2. The molecule has 0 fully saturated rings. The molecule has 0 saturated heterocycles. The third-order valence-electron chi connectivity index (χ3n) is 4.56. The minimum Gasteiger partial charge on any atom is -0.326 e. The predicted octanol–water partition coefficient (Wildman–Crippen LogP) is 7.32. The molecule has 0 heterocycles. The van der Waals surface area contributed by atoms with E-state index in [1.165, 1.54) is 0 Å². The number of rotatable bonds is 3. The van der Waals surface area contributed by atoms with Gasteiger partial charge in [-0.2, -0.15) is 10.5 Å². The molecule has 0 unspecified atom stereocenters. The van der Waals surface area contributed by atoms with Crippen LogP contribution in [0.4, 0.5) is 0 Å². The lowest BCUT2D eigenvalue weighted by molar-refractivity contribution is 0.587. The first-order chi connectivity index (χ1) is 16.6. The van der Waals surface area contributed by atoms with Crippen molar-refractivity contribution in [3.8, 4) is 12.1 Å². The van der Waals surface area contributed by atoms with E-state index < -0.39 is 14.3 Å². The smallest absolute Gasteiger partial charge is 0.111 e. The van der Waals surface area contributed by atoms with Crippen LogP contribution < -0.4 is 16.3 Å². The fourth-order valence-electron chi connectivity index (χ4n) is 2.84. The summed E-state index contributed by atoms with van der Waals surface area (Å²) in [6, 6.07) is 19.4. The molecular formula is C25H25Cl3IN3O2P2. The van der Waals surface area contributed by atoms with E-state index >= 15 is 0 Å². The second-order valence-corrected chi connectivity index (χ2v) is 17.0. The first-order valence-electron chi connectivity index (χ1n) is 10.3. The van der Waals surface area contributed by atoms with Crippen LogP contribution in [-0.2, 0) is 15.7 Å². The first kappa shape index (κ1) is 32.7.